The van der Waals surface area contributed by atoms with Gasteiger partial charge in [0.25, 0.3) is 11.8 Å². The summed E-state index contributed by atoms with van der Waals surface area (Å²) < 4.78 is 5.30. The second-order valence-corrected chi connectivity index (χ2v) is 7.66. The Hall–Kier alpha value is -3.12. The molecular formula is C24H27N3O3. The molecular weight excluding hydrogens is 378 g/mol. The summed E-state index contributed by atoms with van der Waals surface area (Å²) in [5.41, 5.74) is 3.39. The Kier molecular flexibility index (Phi) is 5.59. The van der Waals surface area contributed by atoms with Crippen molar-refractivity contribution < 1.29 is 14.3 Å². The van der Waals surface area contributed by atoms with Gasteiger partial charge in [-0.1, -0.05) is 42.8 Å². The summed E-state index contributed by atoms with van der Waals surface area (Å²) in [6, 6.07) is 14.9. The second kappa shape index (κ2) is 8.32. The number of hydrogen-bond donors (Lipinski definition) is 0. The molecule has 2 aromatic carbocycles. The second-order valence-electron chi connectivity index (χ2n) is 7.66. The van der Waals surface area contributed by atoms with Crippen molar-refractivity contribution in [2.45, 2.75) is 13.8 Å². The zero-order chi connectivity index (χ0) is 21.3. The molecule has 2 amide bonds. The molecule has 30 heavy (non-hydrogen) atoms. The molecule has 0 aromatic heterocycles. The number of nitrogens with zero attached hydrogens (tertiary/aromatic N) is 3. The molecule has 2 aliphatic heterocycles. The van der Waals surface area contributed by atoms with E-state index in [2.05, 4.69) is 16.7 Å². The Balaban J connectivity index is 1.77. The topological polar surface area (TPSA) is 53.1 Å². The van der Waals surface area contributed by atoms with Crippen molar-refractivity contribution in [2.75, 3.05) is 44.7 Å². The minimum Gasteiger partial charge on any atom is -0.497 e. The fraction of sp³-hybridized carbons (Fsp3) is 0.333. The molecule has 1 saturated heterocycles. The van der Waals surface area contributed by atoms with E-state index in [1.807, 2.05) is 31.2 Å². The summed E-state index contributed by atoms with van der Waals surface area (Å²) >= 11 is 0. The molecule has 156 valence electrons. The Bertz CT molecular complexity index is 989. The van der Waals surface area contributed by atoms with Gasteiger partial charge in [-0.3, -0.25) is 9.59 Å². The Morgan fingerprint density at radius 3 is 2.27 bits per heavy atom. The number of aryl methyl sites for hydroxylation is 1. The summed E-state index contributed by atoms with van der Waals surface area (Å²) in [5, 5.41) is 0. The quantitative estimate of drug-likeness (QED) is 0.716. The van der Waals surface area contributed by atoms with Crippen LogP contribution in [0.4, 0.5) is 5.69 Å². The molecule has 2 aliphatic rings. The Morgan fingerprint density at radius 2 is 1.63 bits per heavy atom. The predicted molar refractivity (Wildman–Crippen MR) is 117 cm³/mol. The van der Waals surface area contributed by atoms with Gasteiger partial charge in [0.05, 0.1) is 18.4 Å². The van der Waals surface area contributed by atoms with Gasteiger partial charge in [-0.05, 0) is 31.2 Å². The molecule has 0 atom stereocenters. The lowest BCUT2D eigenvalue weighted by molar-refractivity contribution is -0.120. The SMILES string of the molecule is CCN1CCN(C2=C(c3ccc(C)cc3)C(=O)N(c3cccc(OC)c3)C2=O)CC1. The van der Waals surface area contributed by atoms with Crippen LogP contribution in [0.25, 0.3) is 5.57 Å². The lowest BCUT2D eigenvalue weighted by atomic mass is 10.0. The number of carbonyl (C=O) groups excluding carboxylic acids is 2. The van der Waals surface area contributed by atoms with Crippen LogP contribution in [0.5, 0.6) is 5.75 Å². The van der Waals surface area contributed by atoms with E-state index in [0.717, 1.165) is 43.9 Å². The lowest BCUT2D eigenvalue weighted by Gasteiger charge is -2.36. The number of rotatable bonds is 5. The van der Waals surface area contributed by atoms with E-state index < -0.39 is 0 Å². The number of hydrogen-bond acceptors (Lipinski definition) is 5. The number of amides is 2. The summed E-state index contributed by atoms with van der Waals surface area (Å²) in [7, 11) is 1.57. The maximum Gasteiger partial charge on any atom is 0.282 e. The predicted octanol–water partition coefficient (Wildman–Crippen LogP) is 2.93. The van der Waals surface area contributed by atoms with E-state index in [4.69, 9.17) is 4.74 Å². The monoisotopic (exact) mass is 405 g/mol. The molecule has 0 saturated carbocycles. The van der Waals surface area contributed by atoms with E-state index in [0.29, 0.717) is 22.7 Å². The highest BCUT2D eigenvalue weighted by molar-refractivity contribution is 6.45. The molecule has 0 spiro atoms. The number of ether oxygens (including phenoxy) is 1. The van der Waals surface area contributed by atoms with Crippen molar-refractivity contribution in [3.05, 3.63) is 65.4 Å². The highest BCUT2D eigenvalue weighted by atomic mass is 16.5. The number of carbonyl (C=O) groups is 2. The van der Waals surface area contributed by atoms with Crippen LogP contribution in [0.1, 0.15) is 18.1 Å². The molecule has 6 heteroatoms. The lowest BCUT2D eigenvalue weighted by Crippen LogP contribution is -2.47. The first-order valence-electron chi connectivity index (χ1n) is 10.3. The van der Waals surface area contributed by atoms with Crippen LogP contribution in [0.2, 0.25) is 0 Å². The summed E-state index contributed by atoms with van der Waals surface area (Å²) in [5.74, 6) is 0.0498. The molecule has 6 nitrogen and oxygen atoms in total. The van der Waals surface area contributed by atoms with Crippen LogP contribution in [0.3, 0.4) is 0 Å². The number of piperazine rings is 1. The van der Waals surface area contributed by atoms with E-state index >= 15 is 0 Å². The van der Waals surface area contributed by atoms with E-state index in [-0.39, 0.29) is 11.8 Å². The van der Waals surface area contributed by atoms with Gasteiger partial charge in [0, 0.05) is 32.2 Å². The van der Waals surface area contributed by atoms with Crippen LogP contribution in [0.15, 0.2) is 54.2 Å². The average Bonchev–Trinajstić information content (AvgIpc) is 3.04. The standard InChI is InChI=1S/C24H27N3O3/c1-4-25-12-14-26(15-13-25)22-21(18-10-8-17(2)9-11-18)23(28)27(24(22)29)19-6-5-7-20(16-19)30-3/h5-11,16H,4,12-15H2,1-3H3. The summed E-state index contributed by atoms with van der Waals surface area (Å²) in [4.78, 5) is 32.8. The van der Waals surface area contributed by atoms with Crippen LogP contribution in [-0.2, 0) is 9.59 Å². The molecule has 1 fully saturated rings. The first kappa shape index (κ1) is 20.2. The smallest absolute Gasteiger partial charge is 0.282 e. The highest BCUT2D eigenvalue weighted by Crippen LogP contribution is 2.36. The molecule has 0 aliphatic carbocycles. The zero-order valence-corrected chi connectivity index (χ0v) is 17.7. The number of imide groups is 1. The van der Waals surface area contributed by atoms with Crippen LogP contribution in [-0.4, -0.2) is 61.4 Å². The summed E-state index contributed by atoms with van der Waals surface area (Å²) in [6.45, 7) is 8.34. The van der Waals surface area contributed by atoms with Crippen LogP contribution < -0.4 is 9.64 Å². The van der Waals surface area contributed by atoms with E-state index in [1.165, 1.54) is 4.90 Å². The average molecular weight is 405 g/mol. The molecule has 0 radical (unpaired) electrons. The van der Waals surface area contributed by atoms with Gasteiger partial charge in [0.1, 0.15) is 11.4 Å². The van der Waals surface area contributed by atoms with Gasteiger partial charge >= 0.3 is 0 Å². The Morgan fingerprint density at radius 1 is 0.933 bits per heavy atom. The molecule has 0 N–H and O–H groups in total. The van der Waals surface area contributed by atoms with Gasteiger partial charge in [-0.25, -0.2) is 4.90 Å². The third-order valence-corrected chi connectivity index (χ3v) is 5.85. The van der Waals surface area contributed by atoms with Gasteiger partial charge in [0.2, 0.25) is 0 Å². The Labute approximate surface area is 177 Å². The van der Waals surface area contributed by atoms with Crippen molar-refractivity contribution in [1.82, 2.24) is 9.80 Å². The fourth-order valence-electron chi connectivity index (χ4n) is 4.06. The minimum atomic E-state index is -0.287. The van der Waals surface area contributed by atoms with Crippen molar-refractivity contribution in [3.63, 3.8) is 0 Å². The normalized spacial score (nSPS) is 17.8. The third-order valence-electron chi connectivity index (χ3n) is 5.85. The number of methoxy groups -OCH3 is 1. The van der Waals surface area contributed by atoms with Gasteiger partial charge in [-0.15, -0.1) is 0 Å². The molecule has 0 unspecified atom stereocenters. The van der Waals surface area contributed by atoms with Gasteiger partial charge in [-0.2, -0.15) is 0 Å². The van der Waals surface area contributed by atoms with Crippen LogP contribution >= 0.6 is 0 Å². The van der Waals surface area contributed by atoms with Gasteiger partial charge < -0.3 is 14.5 Å². The van der Waals surface area contributed by atoms with Gasteiger partial charge in [0.15, 0.2) is 0 Å². The maximum atomic E-state index is 13.6. The third kappa shape index (κ3) is 3.59. The van der Waals surface area contributed by atoms with Crippen molar-refractivity contribution >= 4 is 23.1 Å². The largest absolute Gasteiger partial charge is 0.497 e. The van der Waals surface area contributed by atoms with Crippen molar-refractivity contribution in [3.8, 4) is 5.75 Å². The van der Waals surface area contributed by atoms with E-state index in [9.17, 15) is 9.59 Å². The molecule has 0 bridgehead atoms. The van der Waals surface area contributed by atoms with Crippen LogP contribution in [0, 0.1) is 6.92 Å². The number of benzene rings is 2. The fourth-order valence-corrected chi connectivity index (χ4v) is 4.06. The first-order valence-corrected chi connectivity index (χ1v) is 10.3. The minimum absolute atomic E-state index is 0.270. The summed E-state index contributed by atoms with van der Waals surface area (Å²) in [6.07, 6.45) is 0. The van der Waals surface area contributed by atoms with Crippen molar-refractivity contribution in [1.29, 1.82) is 0 Å². The maximum absolute atomic E-state index is 13.6. The molecule has 2 aromatic rings. The highest BCUT2D eigenvalue weighted by Gasteiger charge is 2.43. The zero-order valence-electron chi connectivity index (χ0n) is 17.7. The molecule has 2 heterocycles. The van der Waals surface area contributed by atoms with Crippen molar-refractivity contribution in [2.24, 2.45) is 0 Å². The van der Waals surface area contributed by atoms with E-state index in [1.54, 1.807) is 31.4 Å². The molecule has 4 rings (SSSR count). The number of likely N-dealkylation sites (N-methyl/N-ethyl adjacent to an activating group) is 1. The number of anilines is 1. The first-order chi connectivity index (χ1) is 14.5.